The van der Waals surface area contributed by atoms with Crippen LogP contribution < -0.4 is 10.6 Å². The summed E-state index contributed by atoms with van der Waals surface area (Å²) in [5.41, 5.74) is 2.58. The van der Waals surface area contributed by atoms with Crippen LogP contribution in [0.5, 0.6) is 0 Å². The Morgan fingerprint density at radius 2 is 1.96 bits per heavy atom. The van der Waals surface area contributed by atoms with Gasteiger partial charge in [-0.05, 0) is 5.56 Å². The fourth-order valence-electron chi connectivity index (χ4n) is 2.56. The molecule has 3 aromatic rings. The molecule has 8 heteroatoms. The number of aromatic nitrogens is 4. The van der Waals surface area contributed by atoms with Gasteiger partial charge in [0.05, 0.1) is 12.1 Å². The van der Waals surface area contributed by atoms with Crippen molar-refractivity contribution in [3.63, 3.8) is 0 Å². The van der Waals surface area contributed by atoms with Gasteiger partial charge in [-0.25, -0.2) is 0 Å². The summed E-state index contributed by atoms with van der Waals surface area (Å²) in [6.07, 6.45) is 0.0196. The average molecular weight is 354 g/mol. The maximum Gasteiger partial charge on any atom is 0.305 e. The van der Waals surface area contributed by atoms with Crippen LogP contribution in [-0.2, 0) is 11.3 Å². The normalized spacial score (nSPS) is 11.0. The highest BCUT2D eigenvalue weighted by Gasteiger charge is 2.15. The van der Waals surface area contributed by atoms with Crippen LogP contribution in [0.15, 0.2) is 36.4 Å². The molecule has 0 aliphatic rings. The van der Waals surface area contributed by atoms with Crippen molar-refractivity contribution in [3.8, 4) is 0 Å². The van der Waals surface area contributed by atoms with Gasteiger partial charge in [0.25, 0.3) is 0 Å². The first kappa shape index (κ1) is 17.7. The summed E-state index contributed by atoms with van der Waals surface area (Å²) in [5.74, 6) is 0.641. The average Bonchev–Trinajstić information content (AvgIpc) is 3.04. The van der Waals surface area contributed by atoms with Crippen LogP contribution in [0.1, 0.15) is 37.6 Å². The zero-order chi connectivity index (χ0) is 18.5. The molecule has 136 valence electrons. The van der Waals surface area contributed by atoms with E-state index in [1.807, 2.05) is 50.2 Å². The molecule has 0 spiro atoms. The van der Waals surface area contributed by atoms with Crippen molar-refractivity contribution in [2.24, 2.45) is 0 Å². The topological polar surface area (TPSA) is 104 Å². The Kier molecular flexibility index (Phi) is 5.31. The third kappa shape index (κ3) is 4.08. The molecule has 0 bridgehead atoms. The van der Waals surface area contributed by atoms with Crippen molar-refractivity contribution in [2.45, 2.75) is 32.7 Å². The van der Waals surface area contributed by atoms with E-state index >= 15 is 0 Å². The number of hydrogen-bond acceptors (Lipinski definition) is 6. The van der Waals surface area contributed by atoms with Crippen molar-refractivity contribution in [2.75, 3.05) is 17.2 Å². The Labute approximate surface area is 151 Å². The molecule has 0 saturated heterocycles. The number of carbonyl (C=O) groups is 1. The first-order valence-corrected chi connectivity index (χ1v) is 8.54. The predicted molar refractivity (Wildman–Crippen MR) is 99.4 cm³/mol. The van der Waals surface area contributed by atoms with E-state index in [9.17, 15) is 4.79 Å². The van der Waals surface area contributed by atoms with Crippen LogP contribution in [0.25, 0.3) is 5.65 Å². The fourth-order valence-corrected chi connectivity index (χ4v) is 2.56. The summed E-state index contributed by atoms with van der Waals surface area (Å²) < 4.78 is 1.71. The number of carboxylic acids is 1. The van der Waals surface area contributed by atoms with Gasteiger partial charge in [-0.1, -0.05) is 44.2 Å². The van der Waals surface area contributed by atoms with Crippen molar-refractivity contribution < 1.29 is 9.90 Å². The second-order valence-corrected chi connectivity index (χ2v) is 6.30. The van der Waals surface area contributed by atoms with E-state index in [1.54, 1.807) is 4.52 Å². The minimum absolute atomic E-state index is 0.0196. The largest absolute Gasteiger partial charge is 0.481 e. The smallest absolute Gasteiger partial charge is 0.305 e. The SMILES string of the molecule is CC(C)c1nnc2c(NCc3ccccc3)cc(NCCC(=O)O)nn12. The van der Waals surface area contributed by atoms with Crippen molar-refractivity contribution in [1.29, 1.82) is 0 Å². The first-order valence-electron chi connectivity index (χ1n) is 8.54. The van der Waals surface area contributed by atoms with Gasteiger partial charge in [0, 0.05) is 25.1 Å². The molecule has 1 aromatic carbocycles. The Balaban J connectivity index is 1.89. The zero-order valence-corrected chi connectivity index (χ0v) is 14.8. The van der Waals surface area contributed by atoms with E-state index in [2.05, 4.69) is 25.9 Å². The van der Waals surface area contributed by atoms with Gasteiger partial charge < -0.3 is 15.7 Å². The number of rotatable bonds is 8. The fraction of sp³-hybridized carbons (Fsp3) is 0.333. The highest BCUT2D eigenvalue weighted by Crippen LogP contribution is 2.22. The quantitative estimate of drug-likeness (QED) is 0.571. The lowest BCUT2D eigenvalue weighted by Crippen LogP contribution is -2.12. The molecular formula is C18H22N6O2. The Morgan fingerprint density at radius 3 is 2.65 bits per heavy atom. The zero-order valence-electron chi connectivity index (χ0n) is 14.8. The lowest BCUT2D eigenvalue weighted by molar-refractivity contribution is -0.136. The lowest BCUT2D eigenvalue weighted by Gasteiger charge is -2.12. The number of nitrogens with one attached hydrogen (secondary N) is 2. The minimum atomic E-state index is -0.854. The van der Waals surface area contributed by atoms with Crippen molar-refractivity contribution >= 4 is 23.1 Å². The molecule has 8 nitrogen and oxygen atoms in total. The Morgan fingerprint density at radius 1 is 1.19 bits per heavy atom. The van der Waals surface area contributed by atoms with E-state index in [4.69, 9.17) is 5.11 Å². The molecule has 0 saturated carbocycles. The predicted octanol–water partition coefficient (Wildman–Crippen LogP) is 2.75. The number of carboxylic acid groups (broad SMARTS) is 1. The van der Waals surface area contributed by atoms with Gasteiger partial charge in [-0.3, -0.25) is 4.79 Å². The molecule has 2 aromatic heterocycles. The molecule has 3 N–H and O–H groups in total. The van der Waals surface area contributed by atoms with E-state index in [1.165, 1.54) is 0 Å². The molecular weight excluding hydrogens is 332 g/mol. The third-order valence-corrected chi connectivity index (χ3v) is 3.88. The molecule has 0 radical (unpaired) electrons. The van der Waals surface area contributed by atoms with Gasteiger partial charge in [0.1, 0.15) is 5.82 Å². The van der Waals surface area contributed by atoms with Crippen LogP contribution in [-0.4, -0.2) is 37.4 Å². The summed E-state index contributed by atoms with van der Waals surface area (Å²) in [5, 5.41) is 28.3. The van der Waals surface area contributed by atoms with Crippen LogP contribution in [0.2, 0.25) is 0 Å². The number of aliphatic carboxylic acids is 1. The number of anilines is 2. The summed E-state index contributed by atoms with van der Waals surface area (Å²) in [6, 6.07) is 11.9. The van der Waals surface area contributed by atoms with E-state index in [0.717, 1.165) is 17.1 Å². The summed E-state index contributed by atoms with van der Waals surface area (Å²) in [6.45, 7) is 4.99. The van der Waals surface area contributed by atoms with Gasteiger partial charge in [0.15, 0.2) is 5.82 Å². The standard InChI is InChI=1S/C18H22N6O2/c1-12(2)17-21-22-18-14(20-11-13-6-4-3-5-7-13)10-15(23-24(17)18)19-9-8-16(25)26/h3-7,10,12,20H,8-9,11H2,1-2H3,(H,19,23)(H,25,26). The Bertz CT molecular complexity index is 891. The van der Waals surface area contributed by atoms with Gasteiger partial charge in [0.2, 0.25) is 5.65 Å². The van der Waals surface area contributed by atoms with Crippen LogP contribution >= 0.6 is 0 Å². The maximum absolute atomic E-state index is 10.7. The summed E-state index contributed by atoms with van der Waals surface area (Å²) in [4.78, 5) is 10.7. The van der Waals surface area contributed by atoms with Gasteiger partial charge in [-0.15, -0.1) is 15.3 Å². The third-order valence-electron chi connectivity index (χ3n) is 3.88. The van der Waals surface area contributed by atoms with E-state index in [-0.39, 0.29) is 12.3 Å². The van der Waals surface area contributed by atoms with Gasteiger partial charge in [-0.2, -0.15) is 4.52 Å². The molecule has 2 heterocycles. The maximum atomic E-state index is 10.7. The number of benzene rings is 1. The van der Waals surface area contributed by atoms with E-state index < -0.39 is 5.97 Å². The highest BCUT2D eigenvalue weighted by atomic mass is 16.4. The second kappa shape index (κ2) is 7.81. The molecule has 3 rings (SSSR count). The first-order chi connectivity index (χ1) is 12.5. The van der Waals surface area contributed by atoms with Crippen molar-refractivity contribution in [1.82, 2.24) is 19.8 Å². The van der Waals surface area contributed by atoms with E-state index in [0.29, 0.717) is 24.6 Å². The number of fused-ring (bicyclic) bond motifs is 1. The lowest BCUT2D eigenvalue weighted by atomic mass is 10.2. The monoisotopic (exact) mass is 354 g/mol. The minimum Gasteiger partial charge on any atom is -0.481 e. The number of hydrogen-bond donors (Lipinski definition) is 3. The van der Waals surface area contributed by atoms with Crippen molar-refractivity contribution in [3.05, 3.63) is 47.8 Å². The molecule has 0 amide bonds. The summed E-state index contributed by atoms with van der Waals surface area (Å²) >= 11 is 0. The molecule has 26 heavy (non-hydrogen) atoms. The van der Waals surface area contributed by atoms with Crippen LogP contribution in [0.3, 0.4) is 0 Å². The second-order valence-electron chi connectivity index (χ2n) is 6.30. The molecule has 0 fully saturated rings. The molecule has 0 aliphatic heterocycles. The number of nitrogens with zero attached hydrogens (tertiary/aromatic N) is 4. The Hall–Kier alpha value is -3.16. The van der Waals surface area contributed by atoms with Crippen LogP contribution in [0.4, 0.5) is 11.5 Å². The molecule has 0 aliphatic carbocycles. The van der Waals surface area contributed by atoms with Crippen LogP contribution in [0, 0.1) is 0 Å². The highest BCUT2D eigenvalue weighted by molar-refractivity contribution is 5.71. The summed E-state index contributed by atoms with van der Waals surface area (Å²) in [7, 11) is 0. The molecule has 0 atom stereocenters. The van der Waals surface area contributed by atoms with Gasteiger partial charge >= 0.3 is 5.97 Å². The molecule has 0 unspecified atom stereocenters.